The first-order valence-electron chi connectivity index (χ1n) is 10.7. The summed E-state index contributed by atoms with van der Waals surface area (Å²) in [7, 11) is -3.21. The molecule has 2 aromatic rings. The van der Waals surface area contributed by atoms with Crippen LogP contribution in [0.15, 0.2) is 35.4 Å². The second-order valence-corrected chi connectivity index (χ2v) is 11.6. The molecule has 2 aliphatic heterocycles. The molecule has 1 atom stereocenters. The minimum absolute atomic E-state index is 0.00489. The van der Waals surface area contributed by atoms with Crippen LogP contribution < -0.4 is 5.32 Å². The summed E-state index contributed by atoms with van der Waals surface area (Å²) in [5.41, 5.74) is 1.13. The summed E-state index contributed by atoms with van der Waals surface area (Å²) < 4.78 is 38.6. The number of anilines is 1. The Morgan fingerprint density at radius 2 is 1.88 bits per heavy atom. The predicted molar refractivity (Wildman–Crippen MR) is 121 cm³/mol. The van der Waals surface area contributed by atoms with E-state index in [0.29, 0.717) is 17.9 Å². The number of nitrogens with zero attached hydrogens (tertiary/aromatic N) is 4. The van der Waals surface area contributed by atoms with Gasteiger partial charge in [0.2, 0.25) is 5.91 Å². The number of amides is 2. The second-order valence-electron chi connectivity index (χ2n) is 9.35. The number of nitrogens with one attached hydrogen (secondary N) is 1. The van der Waals surface area contributed by atoms with Crippen LogP contribution in [0.25, 0.3) is 5.69 Å². The van der Waals surface area contributed by atoms with E-state index in [2.05, 4.69) is 15.5 Å². The Balaban J connectivity index is 1.62. The molecule has 0 saturated carbocycles. The average molecular weight is 476 g/mol. The number of carbonyl (C=O) groups is 2. The number of hydrogen-bond acceptors (Lipinski definition) is 6. The highest BCUT2D eigenvalue weighted by Gasteiger charge is 2.37. The highest BCUT2D eigenvalue weighted by Crippen LogP contribution is 2.27. The third kappa shape index (κ3) is 4.97. The molecule has 0 bridgehead atoms. The van der Waals surface area contributed by atoms with Gasteiger partial charge in [-0.3, -0.25) is 9.59 Å². The van der Waals surface area contributed by atoms with Crippen LogP contribution in [0.3, 0.4) is 0 Å². The molecule has 0 radical (unpaired) electrons. The van der Waals surface area contributed by atoms with E-state index < -0.39 is 21.8 Å². The zero-order chi connectivity index (χ0) is 24.0. The molecule has 176 valence electrons. The van der Waals surface area contributed by atoms with Gasteiger partial charge in [0.25, 0.3) is 5.91 Å². The first-order valence-corrected chi connectivity index (χ1v) is 12.5. The molecule has 33 heavy (non-hydrogen) atoms. The van der Waals surface area contributed by atoms with Crippen LogP contribution in [-0.2, 0) is 24.8 Å². The third-order valence-electron chi connectivity index (χ3n) is 5.67. The van der Waals surface area contributed by atoms with Crippen LogP contribution in [-0.4, -0.2) is 58.3 Å². The van der Waals surface area contributed by atoms with Gasteiger partial charge in [0.1, 0.15) is 17.3 Å². The van der Waals surface area contributed by atoms with Crippen molar-refractivity contribution in [2.75, 3.05) is 16.8 Å². The lowest BCUT2D eigenvalue weighted by atomic mass is 9.92. The van der Waals surface area contributed by atoms with Crippen molar-refractivity contribution in [1.82, 2.24) is 14.8 Å². The zero-order valence-corrected chi connectivity index (χ0v) is 19.5. The van der Waals surface area contributed by atoms with Crippen molar-refractivity contribution in [3.05, 3.63) is 41.8 Å². The summed E-state index contributed by atoms with van der Waals surface area (Å²) in [4.78, 5) is 25.4. The lowest BCUT2D eigenvalue weighted by Gasteiger charge is -2.27. The van der Waals surface area contributed by atoms with E-state index >= 15 is 0 Å². The standard InChI is InChI=1S/C22H26FN5O4S/c1-22(2,3)18-12-19(27(26-18)15-6-4-14(23)5-7-15)24-21(30)17-8-9-20(29)28(25-17)16-10-11-33(31,32)13-16/h4-7,12,16H,8-11,13H2,1-3H3,(H,24,30). The van der Waals surface area contributed by atoms with E-state index in [9.17, 15) is 22.4 Å². The average Bonchev–Trinajstić information content (AvgIpc) is 3.32. The Kier molecular flexibility index (Phi) is 5.85. The molecule has 0 spiro atoms. The van der Waals surface area contributed by atoms with Gasteiger partial charge in [-0.2, -0.15) is 10.2 Å². The van der Waals surface area contributed by atoms with Crippen LogP contribution in [0.2, 0.25) is 0 Å². The van der Waals surface area contributed by atoms with Crippen molar-refractivity contribution in [3.8, 4) is 5.69 Å². The van der Waals surface area contributed by atoms with Gasteiger partial charge in [-0.15, -0.1) is 0 Å². The fourth-order valence-electron chi connectivity index (χ4n) is 3.79. The Morgan fingerprint density at radius 1 is 1.18 bits per heavy atom. The number of aromatic nitrogens is 2. The molecule has 1 N–H and O–H groups in total. The molecule has 0 aliphatic carbocycles. The van der Waals surface area contributed by atoms with Crippen molar-refractivity contribution in [2.24, 2.45) is 5.10 Å². The molecule has 1 aromatic carbocycles. The number of carbonyl (C=O) groups excluding carboxylic acids is 2. The maximum atomic E-state index is 13.4. The summed E-state index contributed by atoms with van der Waals surface area (Å²) >= 11 is 0. The molecule has 9 nitrogen and oxygen atoms in total. The summed E-state index contributed by atoms with van der Waals surface area (Å²) in [6, 6.07) is 6.93. The molecule has 1 saturated heterocycles. The smallest absolute Gasteiger partial charge is 0.273 e. The molecule has 4 rings (SSSR count). The van der Waals surface area contributed by atoms with E-state index in [-0.39, 0.29) is 47.2 Å². The van der Waals surface area contributed by atoms with Crippen LogP contribution >= 0.6 is 0 Å². The molecule has 11 heteroatoms. The monoisotopic (exact) mass is 475 g/mol. The molecule has 1 fully saturated rings. The third-order valence-corrected chi connectivity index (χ3v) is 7.42. The van der Waals surface area contributed by atoms with Crippen LogP contribution in [0, 0.1) is 5.82 Å². The fourth-order valence-corrected chi connectivity index (χ4v) is 5.48. The summed E-state index contributed by atoms with van der Waals surface area (Å²) in [6.07, 6.45) is 0.531. The van der Waals surface area contributed by atoms with Crippen LogP contribution in [0.4, 0.5) is 10.2 Å². The predicted octanol–water partition coefficient (Wildman–Crippen LogP) is 2.41. The van der Waals surface area contributed by atoms with E-state index in [1.807, 2.05) is 20.8 Å². The highest BCUT2D eigenvalue weighted by molar-refractivity contribution is 7.91. The van der Waals surface area contributed by atoms with Gasteiger partial charge in [-0.25, -0.2) is 22.5 Å². The van der Waals surface area contributed by atoms with Crippen molar-refractivity contribution < 1.29 is 22.4 Å². The second kappa shape index (κ2) is 8.36. The number of halogens is 1. The number of hydrazone groups is 1. The molecule has 2 aliphatic rings. The van der Waals surface area contributed by atoms with E-state index in [1.54, 1.807) is 18.2 Å². The topological polar surface area (TPSA) is 114 Å². The van der Waals surface area contributed by atoms with E-state index in [0.717, 1.165) is 10.7 Å². The van der Waals surface area contributed by atoms with Crippen LogP contribution in [0.5, 0.6) is 0 Å². The number of hydrogen-bond donors (Lipinski definition) is 1. The summed E-state index contributed by atoms with van der Waals surface area (Å²) in [6.45, 7) is 5.96. The van der Waals surface area contributed by atoms with Crippen LogP contribution in [0.1, 0.15) is 45.7 Å². The van der Waals surface area contributed by atoms with Gasteiger partial charge in [-0.05, 0) is 30.7 Å². The Hall–Kier alpha value is -3.08. The van der Waals surface area contributed by atoms with Gasteiger partial charge < -0.3 is 5.32 Å². The van der Waals surface area contributed by atoms with Crippen molar-refractivity contribution >= 4 is 33.2 Å². The molecule has 3 heterocycles. The molecule has 2 amide bonds. The molecule has 1 unspecified atom stereocenters. The van der Waals surface area contributed by atoms with Gasteiger partial charge in [-0.1, -0.05) is 20.8 Å². The maximum absolute atomic E-state index is 13.4. The SMILES string of the molecule is CC(C)(C)c1cc(NC(=O)C2=NN(C3CCS(=O)(=O)C3)C(=O)CC2)n(-c2ccc(F)cc2)n1. The zero-order valence-electron chi connectivity index (χ0n) is 18.7. The maximum Gasteiger partial charge on any atom is 0.273 e. The van der Waals surface area contributed by atoms with E-state index in [4.69, 9.17) is 0 Å². The van der Waals surface area contributed by atoms with E-state index in [1.165, 1.54) is 16.8 Å². The molecule has 1 aromatic heterocycles. The Bertz CT molecular complexity index is 1230. The number of benzene rings is 1. The van der Waals surface area contributed by atoms with Crippen molar-refractivity contribution in [2.45, 2.75) is 51.5 Å². The van der Waals surface area contributed by atoms with Crippen molar-refractivity contribution in [3.63, 3.8) is 0 Å². The Morgan fingerprint density at radius 3 is 2.48 bits per heavy atom. The van der Waals surface area contributed by atoms with Gasteiger partial charge in [0.05, 0.1) is 28.9 Å². The lowest BCUT2D eigenvalue weighted by molar-refractivity contribution is -0.133. The largest absolute Gasteiger partial charge is 0.305 e. The first kappa shape index (κ1) is 23.1. The van der Waals surface area contributed by atoms with Gasteiger partial charge >= 0.3 is 0 Å². The van der Waals surface area contributed by atoms with Gasteiger partial charge in [0.15, 0.2) is 9.84 Å². The number of rotatable bonds is 4. The summed E-state index contributed by atoms with van der Waals surface area (Å²) in [5, 5.41) is 12.8. The highest BCUT2D eigenvalue weighted by atomic mass is 32.2. The normalized spacial score (nSPS) is 20.6. The Labute approximate surface area is 191 Å². The molecular weight excluding hydrogens is 449 g/mol. The quantitative estimate of drug-likeness (QED) is 0.730. The first-order chi connectivity index (χ1) is 15.4. The van der Waals surface area contributed by atoms with Crippen molar-refractivity contribution in [1.29, 1.82) is 0 Å². The lowest BCUT2D eigenvalue weighted by Crippen LogP contribution is -2.42. The molecular formula is C22H26FN5O4S. The fraction of sp³-hybridized carbons (Fsp3) is 0.455. The number of sulfone groups is 1. The summed E-state index contributed by atoms with van der Waals surface area (Å²) in [5.74, 6) is -0.944. The van der Waals surface area contributed by atoms with Gasteiger partial charge in [0, 0.05) is 24.3 Å². The minimum atomic E-state index is -3.21. The minimum Gasteiger partial charge on any atom is -0.305 e.